The summed E-state index contributed by atoms with van der Waals surface area (Å²) in [7, 11) is 0. The molecule has 0 unspecified atom stereocenters. The number of rotatable bonds is 3. The molecule has 4 N–H and O–H groups in total. The SMILES string of the molecule is Cc1c(C(=O)OC(=O)c2ccc(C(=O)NN)cc2)[nH]c2ccc(Cl)cc12. The summed E-state index contributed by atoms with van der Waals surface area (Å²) >= 11 is 5.97. The molecule has 1 amide bonds. The van der Waals surface area contributed by atoms with Crippen LogP contribution in [0.1, 0.15) is 36.8 Å². The summed E-state index contributed by atoms with van der Waals surface area (Å²) in [4.78, 5) is 38.8. The molecule has 0 saturated heterocycles. The summed E-state index contributed by atoms with van der Waals surface area (Å²) < 4.78 is 4.92. The van der Waals surface area contributed by atoms with Gasteiger partial charge in [-0.3, -0.25) is 10.2 Å². The molecule has 0 aliphatic rings. The van der Waals surface area contributed by atoms with Gasteiger partial charge in [0.2, 0.25) is 0 Å². The number of carbonyl (C=O) groups is 3. The van der Waals surface area contributed by atoms with E-state index in [-0.39, 0.29) is 16.8 Å². The minimum absolute atomic E-state index is 0.128. The molecule has 0 aliphatic heterocycles. The zero-order valence-corrected chi connectivity index (χ0v) is 14.4. The van der Waals surface area contributed by atoms with Crippen molar-refractivity contribution in [1.82, 2.24) is 10.4 Å². The molecule has 3 aromatic rings. The molecule has 1 heterocycles. The fourth-order valence-corrected chi connectivity index (χ4v) is 2.71. The van der Waals surface area contributed by atoms with Crippen LogP contribution < -0.4 is 11.3 Å². The summed E-state index contributed by atoms with van der Waals surface area (Å²) in [6, 6.07) is 10.7. The molecule has 8 heteroatoms. The maximum atomic E-state index is 12.3. The number of ether oxygens (including phenoxy) is 1. The maximum Gasteiger partial charge on any atom is 0.362 e. The van der Waals surface area contributed by atoms with E-state index in [1.54, 1.807) is 25.1 Å². The third-order valence-electron chi connectivity index (χ3n) is 3.92. The van der Waals surface area contributed by atoms with Gasteiger partial charge in [0.1, 0.15) is 5.69 Å². The van der Waals surface area contributed by atoms with Crippen LogP contribution in [0, 0.1) is 6.92 Å². The van der Waals surface area contributed by atoms with Crippen molar-refractivity contribution in [3.63, 3.8) is 0 Å². The minimum atomic E-state index is -0.828. The lowest BCUT2D eigenvalue weighted by molar-refractivity contribution is 0.0393. The monoisotopic (exact) mass is 371 g/mol. The second kappa shape index (κ2) is 6.99. The normalized spacial score (nSPS) is 10.6. The van der Waals surface area contributed by atoms with Gasteiger partial charge in [-0.05, 0) is 55.0 Å². The molecule has 0 radical (unpaired) electrons. The second-order valence-electron chi connectivity index (χ2n) is 5.54. The summed E-state index contributed by atoms with van der Waals surface area (Å²) in [6.45, 7) is 1.73. The highest BCUT2D eigenvalue weighted by atomic mass is 35.5. The van der Waals surface area contributed by atoms with Crippen molar-refractivity contribution in [2.45, 2.75) is 6.92 Å². The third kappa shape index (κ3) is 3.30. The highest BCUT2D eigenvalue weighted by Crippen LogP contribution is 2.25. The number of aryl methyl sites for hydroxylation is 1. The van der Waals surface area contributed by atoms with Crippen LogP contribution in [-0.2, 0) is 4.74 Å². The summed E-state index contributed by atoms with van der Waals surface area (Å²) in [5.74, 6) is 2.92. The predicted molar refractivity (Wildman–Crippen MR) is 95.9 cm³/mol. The Balaban J connectivity index is 1.80. The number of amides is 1. The van der Waals surface area contributed by atoms with E-state index in [0.717, 1.165) is 5.39 Å². The van der Waals surface area contributed by atoms with Gasteiger partial charge in [-0.1, -0.05) is 11.6 Å². The number of aromatic nitrogens is 1. The average molecular weight is 372 g/mol. The van der Waals surface area contributed by atoms with Crippen LogP contribution in [0.15, 0.2) is 42.5 Å². The number of nitrogen functional groups attached to an aromatic ring is 1. The number of hydrazine groups is 1. The number of halogens is 1. The van der Waals surface area contributed by atoms with E-state index >= 15 is 0 Å². The van der Waals surface area contributed by atoms with Gasteiger partial charge in [-0.15, -0.1) is 0 Å². The number of aromatic amines is 1. The molecule has 0 aliphatic carbocycles. The zero-order valence-electron chi connectivity index (χ0n) is 13.6. The van der Waals surface area contributed by atoms with E-state index in [9.17, 15) is 14.4 Å². The number of carbonyl (C=O) groups excluding carboxylic acids is 3. The number of fused-ring (bicyclic) bond motifs is 1. The molecule has 3 rings (SSSR count). The molecule has 7 nitrogen and oxygen atoms in total. The van der Waals surface area contributed by atoms with Crippen LogP contribution in [0.4, 0.5) is 0 Å². The molecule has 2 aromatic carbocycles. The Bertz CT molecular complexity index is 1020. The highest BCUT2D eigenvalue weighted by molar-refractivity contribution is 6.31. The van der Waals surface area contributed by atoms with Gasteiger partial charge in [0.15, 0.2) is 0 Å². The predicted octanol–water partition coefficient (Wildman–Crippen LogP) is 2.73. The number of nitrogens with two attached hydrogens (primary N) is 1. The molecule has 0 atom stereocenters. The molecule has 0 fully saturated rings. The molecular formula is C18H14ClN3O4. The summed E-state index contributed by atoms with van der Waals surface area (Å²) in [6.07, 6.45) is 0. The largest absolute Gasteiger partial charge is 0.385 e. The van der Waals surface area contributed by atoms with Gasteiger partial charge in [-0.2, -0.15) is 0 Å². The number of hydrogen-bond acceptors (Lipinski definition) is 5. The molecule has 0 spiro atoms. The van der Waals surface area contributed by atoms with Gasteiger partial charge >= 0.3 is 11.9 Å². The maximum absolute atomic E-state index is 12.3. The van der Waals surface area contributed by atoms with E-state index in [2.05, 4.69) is 4.98 Å². The van der Waals surface area contributed by atoms with E-state index < -0.39 is 17.8 Å². The van der Waals surface area contributed by atoms with Crippen molar-refractivity contribution in [3.05, 3.63) is 69.9 Å². The number of esters is 2. The van der Waals surface area contributed by atoms with Crippen molar-refractivity contribution in [2.24, 2.45) is 5.84 Å². The fourth-order valence-electron chi connectivity index (χ4n) is 2.54. The Morgan fingerprint density at radius 2 is 1.69 bits per heavy atom. The lowest BCUT2D eigenvalue weighted by Crippen LogP contribution is -2.29. The number of nitrogens with one attached hydrogen (secondary N) is 2. The molecule has 0 saturated carbocycles. The highest BCUT2D eigenvalue weighted by Gasteiger charge is 2.20. The molecule has 132 valence electrons. The van der Waals surface area contributed by atoms with Crippen molar-refractivity contribution in [3.8, 4) is 0 Å². The van der Waals surface area contributed by atoms with Crippen molar-refractivity contribution in [2.75, 3.05) is 0 Å². The van der Waals surface area contributed by atoms with Crippen LogP contribution in [0.25, 0.3) is 10.9 Å². The Hall–Kier alpha value is -3.16. The average Bonchev–Trinajstić information content (AvgIpc) is 2.97. The third-order valence-corrected chi connectivity index (χ3v) is 4.16. The minimum Gasteiger partial charge on any atom is -0.385 e. The van der Waals surface area contributed by atoms with Crippen LogP contribution in [0.3, 0.4) is 0 Å². The van der Waals surface area contributed by atoms with Crippen molar-refractivity contribution >= 4 is 40.3 Å². The lowest BCUT2D eigenvalue weighted by Gasteiger charge is -2.04. The first-order valence-electron chi connectivity index (χ1n) is 7.56. The van der Waals surface area contributed by atoms with Gasteiger partial charge in [0.05, 0.1) is 5.56 Å². The first-order valence-corrected chi connectivity index (χ1v) is 7.94. The molecular weight excluding hydrogens is 358 g/mol. The number of benzene rings is 2. The van der Waals surface area contributed by atoms with E-state index in [1.165, 1.54) is 24.3 Å². The van der Waals surface area contributed by atoms with Gasteiger partial charge in [0.25, 0.3) is 5.91 Å². The molecule has 1 aromatic heterocycles. The van der Waals surface area contributed by atoms with Gasteiger partial charge in [0, 0.05) is 21.5 Å². The van der Waals surface area contributed by atoms with E-state index in [1.807, 2.05) is 5.43 Å². The van der Waals surface area contributed by atoms with E-state index in [0.29, 0.717) is 16.1 Å². The Morgan fingerprint density at radius 3 is 2.35 bits per heavy atom. The first-order chi connectivity index (χ1) is 12.4. The fraction of sp³-hybridized carbons (Fsp3) is 0.0556. The zero-order chi connectivity index (χ0) is 18.8. The van der Waals surface area contributed by atoms with Crippen molar-refractivity contribution < 1.29 is 19.1 Å². The number of H-pyrrole nitrogens is 1. The lowest BCUT2D eigenvalue weighted by atomic mass is 10.1. The number of hydrogen-bond donors (Lipinski definition) is 3. The molecule has 0 bridgehead atoms. The quantitative estimate of drug-likeness (QED) is 0.215. The Morgan fingerprint density at radius 1 is 1.04 bits per heavy atom. The summed E-state index contributed by atoms with van der Waals surface area (Å²) in [5.41, 5.74) is 3.91. The Kier molecular flexibility index (Phi) is 4.75. The van der Waals surface area contributed by atoms with Gasteiger partial charge < -0.3 is 9.72 Å². The first kappa shape index (κ1) is 17.7. The standard InChI is InChI=1S/C18H14ClN3O4/c1-9-13-8-12(19)6-7-14(13)21-15(9)18(25)26-17(24)11-4-2-10(3-5-11)16(23)22-20/h2-8,21H,20H2,1H3,(H,22,23). The van der Waals surface area contributed by atoms with Crippen LogP contribution in [0.5, 0.6) is 0 Å². The second-order valence-corrected chi connectivity index (χ2v) is 5.98. The Labute approximate surface area is 153 Å². The smallest absolute Gasteiger partial charge is 0.362 e. The topological polar surface area (TPSA) is 114 Å². The van der Waals surface area contributed by atoms with Crippen molar-refractivity contribution in [1.29, 1.82) is 0 Å². The van der Waals surface area contributed by atoms with Crippen LogP contribution in [-0.4, -0.2) is 22.8 Å². The van der Waals surface area contributed by atoms with Gasteiger partial charge in [-0.25, -0.2) is 15.4 Å². The van der Waals surface area contributed by atoms with E-state index in [4.69, 9.17) is 22.2 Å². The van der Waals surface area contributed by atoms with Crippen LogP contribution >= 0.6 is 11.6 Å². The molecule has 26 heavy (non-hydrogen) atoms. The summed E-state index contributed by atoms with van der Waals surface area (Å²) in [5, 5.41) is 1.31. The van der Waals surface area contributed by atoms with Crippen LogP contribution in [0.2, 0.25) is 5.02 Å².